The number of fused-ring (bicyclic) bond motifs is 1. The van der Waals surface area contributed by atoms with Crippen LogP contribution in [0.3, 0.4) is 0 Å². The third-order valence-corrected chi connectivity index (χ3v) is 5.67. The molecule has 0 unspecified atom stereocenters. The van der Waals surface area contributed by atoms with Crippen LogP contribution in [0.15, 0.2) is 61.2 Å². The third kappa shape index (κ3) is 5.45. The van der Waals surface area contributed by atoms with Crippen molar-refractivity contribution in [2.45, 2.75) is 45.7 Å². The van der Waals surface area contributed by atoms with Gasteiger partial charge in [-0.1, -0.05) is 24.3 Å². The summed E-state index contributed by atoms with van der Waals surface area (Å²) >= 11 is 0. The topological polar surface area (TPSA) is 59.4 Å². The van der Waals surface area contributed by atoms with Crippen molar-refractivity contribution in [3.63, 3.8) is 0 Å². The van der Waals surface area contributed by atoms with E-state index in [0.29, 0.717) is 19.7 Å². The summed E-state index contributed by atoms with van der Waals surface area (Å²) in [6.45, 7) is 4.52. The van der Waals surface area contributed by atoms with Gasteiger partial charge in [-0.05, 0) is 61.9 Å². The Labute approximate surface area is 183 Å². The molecule has 3 aromatic rings. The van der Waals surface area contributed by atoms with Gasteiger partial charge in [0.2, 0.25) is 0 Å². The highest BCUT2D eigenvalue weighted by Crippen LogP contribution is 2.25. The molecule has 1 N–H and O–H groups in total. The summed E-state index contributed by atoms with van der Waals surface area (Å²) < 4.78 is 7.81. The molecule has 0 radical (unpaired) electrons. The van der Waals surface area contributed by atoms with Crippen molar-refractivity contribution in [2.75, 3.05) is 18.5 Å². The first-order chi connectivity index (χ1) is 15.2. The summed E-state index contributed by atoms with van der Waals surface area (Å²) in [5, 5.41) is 3.11. The number of benzene rings is 2. The highest BCUT2D eigenvalue weighted by atomic mass is 16.5. The molecule has 2 aromatic carbocycles. The molecule has 31 heavy (non-hydrogen) atoms. The fourth-order valence-corrected chi connectivity index (χ4v) is 4.10. The van der Waals surface area contributed by atoms with Gasteiger partial charge < -0.3 is 19.5 Å². The van der Waals surface area contributed by atoms with Crippen LogP contribution >= 0.6 is 0 Å². The van der Waals surface area contributed by atoms with Gasteiger partial charge in [0.25, 0.3) is 0 Å². The van der Waals surface area contributed by atoms with Crippen molar-refractivity contribution in [1.82, 2.24) is 14.5 Å². The number of hydrogen-bond acceptors (Lipinski definition) is 3. The van der Waals surface area contributed by atoms with E-state index < -0.39 is 0 Å². The number of nitrogens with one attached hydrogen (secondary N) is 1. The molecule has 0 atom stereocenters. The van der Waals surface area contributed by atoms with Gasteiger partial charge in [0.1, 0.15) is 5.75 Å². The molecular weight excluding hydrogens is 388 g/mol. The maximum Gasteiger partial charge on any atom is 0.322 e. The Morgan fingerprint density at radius 1 is 1.19 bits per heavy atom. The van der Waals surface area contributed by atoms with E-state index in [1.165, 1.54) is 17.5 Å². The number of anilines is 1. The number of urea groups is 1. The fourth-order valence-electron chi connectivity index (χ4n) is 4.10. The van der Waals surface area contributed by atoms with E-state index >= 15 is 0 Å². The minimum absolute atomic E-state index is 0.0881. The second-order valence-electron chi connectivity index (χ2n) is 7.88. The van der Waals surface area contributed by atoms with Crippen LogP contribution in [0.25, 0.3) is 0 Å². The smallest absolute Gasteiger partial charge is 0.322 e. The number of carbonyl (C=O) groups excluding carboxylic acids is 1. The molecule has 6 nitrogen and oxygen atoms in total. The van der Waals surface area contributed by atoms with Crippen LogP contribution in [0.4, 0.5) is 10.5 Å². The van der Waals surface area contributed by atoms with E-state index in [0.717, 1.165) is 42.8 Å². The van der Waals surface area contributed by atoms with Gasteiger partial charge in [0.05, 0.1) is 19.5 Å². The quantitative estimate of drug-likeness (QED) is 0.538. The first-order valence-electron chi connectivity index (χ1n) is 11.1. The fraction of sp³-hybridized carbons (Fsp3) is 0.360. The number of aryl methyl sites for hydroxylation is 3. The Morgan fingerprint density at radius 3 is 2.90 bits per heavy atom. The number of amides is 2. The molecule has 1 heterocycles. The monoisotopic (exact) mass is 418 g/mol. The Kier molecular flexibility index (Phi) is 6.87. The molecule has 1 aliphatic carbocycles. The SMILES string of the molecule is CCOc1ccccc1CN(CCCn1ccnc1)C(=O)Nc1ccc2c(c1)CCC2. The third-order valence-electron chi connectivity index (χ3n) is 5.67. The molecule has 1 aromatic heterocycles. The second kappa shape index (κ2) is 10.2. The predicted molar refractivity (Wildman–Crippen MR) is 122 cm³/mol. The Hall–Kier alpha value is -3.28. The number of imidazole rings is 1. The van der Waals surface area contributed by atoms with Crippen LogP contribution in [0.1, 0.15) is 36.5 Å². The van der Waals surface area contributed by atoms with Crippen molar-refractivity contribution >= 4 is 11.7 Å². The van der Waals surface area contributed by atoms with E-state index in [9.17, 15) is 4.79 Å². The highest BCUT2D eigenvalue weighted by Gasteiger charge is 2.18. The Bertz CT molecular complexity index is 1000. The highest BCUT2D eigenvalue weighted by molar-refractivity contribution is 5.89. The zero-order chi connectivity index (χ0) is 21.5. The summed E-state index contributed by atoms with van der Waals surface area (Å²) in [5.74, 6) is 0.829. The zero-order valence-electron chi connectivity index (χ0n) is 18.1. The number of aromatic nitrogens is 2. The molecule has 6 heteroatoms. The lowest BCUT2D eigenvalue weighted by Crippen LogP contribution is -2.35. The summed E-state index contributed by atoms with van der Waals surface area (Å²) in [7, 11) is 0. The van der Waals surface area contributed by atoms with Gasteiger partial charge in [0.15, 0.2) is 0 Å². The first-order valence-corrected chi connectivity index (χ1v) is 11.1. The normalized spacial score (nSPS) is 12.4. The number of nitrogens with zero attached hydrogens (tertiary/aromatic N) is 3. The van der Waals surface area contributed by atoms with E-state index in [-0.39, 0.29) is 6.03 Å². The number of hydrogen-bond donors (Lipinski definition) is 1. The lowest BCUT2D eigenvalue weighted by atomic mass is 10.1. The number of para-hydroxylation sites is 1. The molecule has 4 rings (SSSR count). The predicted octanol–water partition coefficient (Wildman–Crippen LogP) is 4.89. The molecule has 0 saturated carbocycles. The van der Waals surface area contributed by atoms with E-state index in [4.69, 9.17) is 4.74 Å². The standard InChI is InChI=1S/C25H30N4O2/c1-2-31-24-10-4-3-7-22(24)18-29(15-6-14-28-16-13-26-19-28)25(30)27-23-12-11-20-8-5-9-21(20)17-23/h3-4,7,10-13,16-17,19H,2,5-6,8-9,14-15,18H2,1H3,(H,27,30). The van der Waals surface area contributed by atoms with Crippen LogP contribution in [-0.2, 0) is 25.9 Å². The molecular formula is C25H30N4O2. The van der Waals surface area contributed by atoms with Gasteiger partial charge in [-0.15, -0.1) is 0 Å². The number of ether oxygens (including phenoxy) is 1. The first kappa shape index (κ1) is 21.0. The minimum Gasteiger partial charge on any atom is -0.494 e. The maximum atomic E-state index is 13.2. The average Bonchev–Trinajstić information content (AvgIpc) is 3.46. The van der Waals surface area contributed by atoms with Crippen molar-refractivity contribution < 1.29 is 9.53 Å². The molecule has 2 amide bonds. The Balaban J connectivity index is 1.47. The van der Waals surface area contributed by atoms with Gasteiger partial charge >= 0.3 is 6.03 Å². The minimum atomic E-state index is -0.0881. The second-order valence-corrected chi connectivity index (χ2v) is 7.88. The van der Waals surface area contributed by atoms with Crippen LogP contribution in [0.5, 0.6) is 5.75 Å². The molecule has 1 aliphatic rings. The van der Waals surface area contributed by atoms with Gasteiger partial charge in [-0.3, -0.25) is 0 Å². The molecule has 0 fully saturated rings. The molecule has 0 spiro atoms. The van der Waals surface area contributed by atoms with Gasteiger partial charge in [-0.2, -0.15) is 0 Å². The van der Waals surface area contributed by atoms with Crippen LogP contribution in [0.2, 0.25) is 0 Å². The molecule has 162 valence electrons. The largest absolute Gasteiger partial charge is 0.494 e. The lowest BCUT2D eigenvalue weighted by molar-refractivity contribution is 0.206. The zero-order valence-corrected chi connectivity index (χ0v) is 18.1. The average molecular weight is 419 g/mol. The summed E-state index contributed by atoms with van der Waals surface area (Å²) in [5.41, 5.74) is 4.63. The summed E-state index contributed by atoms with van der Waals surface area (Å²) in [6.07, 6.45) is 9.79. The molecule has 0 aliphatic heterocycles. The van der Waals surface area contributed by atoms with Crippen molar-refractivity contribution in [3.05, 3.63) is 77.9 Å². The molecule has 0 saturated heterocycles. The molecule has 0 bridgehead atoms. The van der Waals surface area contributed by atoms with Crippen molar-refractivity contribution in [2.24, 2.45) is 0 Å². The van der Waals surface area contributed by atoms with Crippen LogP contribution in [-0.4, -0.2) is 33.6 Å². The van der Waals surface area contributed by atoms with Gasteiger partial charge in [-0.25, -0.2) is 9.78 Å². The van der Waals surface area contributed by atoms with E-state index in [1.54, 1.807) is 12.5 Å². The van der Waals surface area contributed by atoms with Crippen molar-refractivity contribution in [1.29, 1.82) is 0 Å². The number of carbonyl (C=O) groups is 1. The summed E-state index contributed by atoms with van der Waals surface area (Å²) in [4.78, 5) is 19.2. The number of rotatable bonds is 9. The van der Waals surface area contributed by atoms with Crippen LogP contribution < -0.4 is 10.1 Å². The van der Waals surface area contributed by atoms with Gasteiger partial charge in [0, 0.05) is 36.7 Å². The van der Waals surface area contributed by atoms with E-state index in [2.05, 4.69) is 22.4 Å². The lowest BCUT2D eigenvalue weighted by Gasteiger charge is -2.24. The Morgan fingerprint density at radius 2 is 2.06 bits per heavy atom. The van der Waals surface area contributed by atoms with Crippen LogP contribution in [0, 0.1) is 0 Å². The van der Waals surface area contributed by atoms with Crippen molar-refractivity contribution in [3.8, 4) is 5.75 Å². The van der Waals surface area contributed by atoms with E-state index in [1.807, 2.05) is 52.9 Å². The maximum absolute atomic E-state index is 13.2. The summed E-state index contributed by atoms with van der Waals surface area (Å²) in [6, 6.07) is 14.1.